The van der Waals surface area contributed by atoms with Crippen molar-refractivity contribution in [1.29, 1.82) is 0 Å². The molecule has 0 spiro atoms. The molecule has 0 saturated heterocycles. The van der Waals surface area contributed by atoms with Gasteiger partial charge in [0, 0.05) is 22.5 Å². The second kappa shape index (κ2) is 7.13. The van der Waals surface area contributed by atoms with Crippen molar-refractivity contribution in [2.45, 2.75) is 19.9 Å². The van der Waals surface area contributed by atoms with Gasteiger partial charge in [-0.05, 0) is 30.5 Å². The summed E-state index contributed by atoms with van der Waals surface area (Å²) < 4.78 is 10.7. The predicted octanol–water partition coefficient (Wildman–Crippen LogP) is 2.93. The third-order valence-corrected chi connectivity index (χ3v) is 4.13. The molecule has 2 aromatic rings. The van der Waals surface area contributed by atoms with E-state index >= 15 is 0 Å². The highest BCUT2D eigenvalue weighted by molar-refractivity contribution is 7.10. The van der Waals surface area contributed by atoms with E-state index in [0.29, 0.717) is 13.0 Å². The minimum absolute atomic E-state index is 0.00738. The van der Waals surface area contributed by atoms with Crippen molar-refractivity contribution in [1.82, 2.24) is 5.32 Å². The molecule has 0 aliphatic heterocycles. The molecule has 1 N–H and O–H groups in total. The fourth-order valence-electron chi connectivity index (χ4n) is 2.20. The van der Waals surface area contributed by atoms with Gasteiger partial charge in [0.1, 0.15) is 11.5 Å². The molecule has 1 heterocycles. The van der Waals surface area contributed by atoms with E-state index in [1.165, 1.54) is 0 Å². The molecule has 1 amide bonds. The molecule has 2 rings (SSSR count). The van der Waals surface area contributed by atoms with Gasteiger partial charge in [-0.2, -0.15) is 0 Å². The lowest BCUT2D eigenvalue weighted by Gasteiger charge is -2.14. The zero-order valence-electron chi connectivity index (χ0n) is 12.4. The van der Waals surface area contributed by atoms with E-state index in [0.717, 1.165) is 27.5 Å². The topological polar surface area (TPSA) is 47.6 Å². The minimum Gasteiger partial charge on any atom is -0.496 e. The van der Waals surface area contributed by atoms with Crippen LogP contribution in [0.3, 0.4) is 0 Å². The van der Waals surface area contributed by atoms with Crippen molar-refractivity contribution in [3.8, 4) is 11.5 Å². The van der Waals surface area contributed by atoms with E-state index in [1.807, 2.05) is 36.6 Å². The first kappa shape index (κ1) is 15.4. The van der Waals surface area contributed by atoms with Gasteiger partial charge in [0.15, 0.2) is 0 Å². The van der Waals surface area contributed by atoms with Crippen molar-refractivity contribution < 1.29 is 14.3 Å². The van der Waals surface area contributed by atoms with Gasteiger partial charge in [0.2, 0.25) is 5.91 Å². The largest absolute Gasteiger partial charge is 0.496 e. The van der Waals surface area contributed by atoms with Gasteiger partial charge in [-0.3, -0.25) is 4.79 Å². The number of carbonyl (C=O) groups excluding carboxylic acids is 1. The Kier molecular flexibility index (Phi) is 5.22. The SMILES string of the molecule is COc1ccc(CNC(=O)Cc2cccs2)c(OC)c1C. The van der Waals surface area contributed by atoms with Crippen LogP contribution in [0, 0.1) is 6.92 Å². The van der Waals surface area contributed by atoms with Gasteiger partial charge < -0.3 is 14.8 Å². The van der Waals surface area contributed by atoms with E-state index in [2.05, 4.69) is 5.32 Å². The Morgan fingerprint density at radius 1 is 1.24 bits per heavy atom. The first-order valence-electron chi connectivity index (χ1n) is 6.65. The zero-order chi connectivity index (χ0) is 15.2. The predicted molar refractivity (Wildman–Crippen MR) is 84.2 cm³/mol. The molecule has 112 valence electrons. The Bertz CT molecular complexity index is 608. The number of benzene rings is 1. The van der Waals surface area contributed by atoms with Crippen LogP contribution in [0.2, 0.25) is 0 Å². The fourth-order valence-corrected chi connectivity index (χ4v) is 2.91. The highest BCUT2D eigenvalue weighted by Crippen LogP contribution is 2.31. The molecule has 0 saturated carbocycles. The minimum atomic E-state index is 0.00738. The van der Waals surface area contributed by atoms with Crippen LogP contribution in [-0.4, -0.2) is 20.1 Å². The number of carbonyl (C=O) groups is 1. The maximum atomic E-state index is 11.9. The van der Waals surface area contributed by atoms with Crippen LogP contribution in [0.4, 0.5) is 0 Å². The Balaban J connectivity index is 2.02. The molecule has 1 aromatic carbocycles. The molecule has 1 aromatic heterocycles. The van der Waals surface area contributed by atoms with Gasteiger partial charge in [0.05, 0.1) is 20.6 Å². The Morgan fingerprint density at radius 2 is 2.05 bits per heavy atom. The van der Waals surface area contributed by atoms with Crippen LogP contribution in [0.5, 0.6) is 11.5 Å². The lowest BCUT2D eigenvalue weighted by Crippen LogP contribution is -2.24. The lowest BCUT2D eigenvalue weighted by atomic mass is 10.1. The molecule has 0 fully saturated rings. The number of hydrogen-bond donors (Lipinski definition) is 1. The lowest BCUT2D eigenvalue weighted by molar-refractivity contribution is -0.120. The highest BCUT2D eigenvalue weighted by atomic mass is 32.1. The van der Waals surface area contributed by atoms with E-state index in [4.69, 9.17) is 9.47 Å². The average Bonchev–Trinajstić information content (AvgIpc) is 2.98. The molecule has 0 bridgehead atoms. The molecular weight excluding hydrogens is 286 g/mol. The second-order valence-electron chi connectivity index (χ2n) is 4.62. The summed E-state index contributed by atoms with van der Waals surface area (Å²) in [7, 11) is 3.25. The summed E-state index contributed by atoms with van der Waals surface area (Å²) in [6.45, 7) is 2.38. The maximum absolute atomic E-state index is 11.9. The molecule has 5 heteroatoms. The first-order valence-corrected chi connectivity index (χ1v) is 7.53. The van der Waals surface area contributed by atoms with Crippen molar-refractivity contribution in [2.24, 2.45) is 0 Å². The average molecular weight is 305 g/mol. The number of methoxy groups -OCH3 is 2. The van der Waals surface area contributed by atoms with Crippen LogP contribution in [0.25, 0.3) is 0 Å². The number of amides is 1. The monoisotopic (exact) mass is 305 g/mol. The third kappa shape index (κ3) is 3.76. The molecule has 21 heavy (non-hydrogen) atoms. The molecule has 0 radical (unpaired) electrons. The van der Waals surface area contributed by atoms with Gasteiger partial charge >= 0.3 is 0 Å². The van der Waals surface area contributed by atoms with Crippen LogP contribution >= 0.6 is 11.3 Å². The van der Waals surface area contributed by atoms with Crippen LogP contribution in [-0.2, 0) is 17.8 Å². The van der Waals surface area contributed by atoms with Crippen molar-refractivity contribution >= 4 is 17.2 Å². The summed E-state index contributed by atoms with van der Waals surface area (Å²) in [5.74, 6) is 1.54. The van der Waals surface area contributed by atoms with E-state index in [9.17, 15) is 4.79 Å². The van der Waals surface area contributed by atoms with E-state index in [1.54, 1.807) is 25.6 Å². The molecule has 0 atom stereocenters. The highest BCUT2D eigenvalue weighted by Gasteiger charge is 2.12. The summed E-state index contributed by atoms with van der Waals surface area (Å²) >= 11 is 1.59. The second-order valence-corrected chi connectivity index (χ2v) is 5.65. The molecule has 4 nitrogen and oxygen atoms in total. The van der Waals surface area contributed by atoms with Crippen molar-refractivity contribution in [3.63, 3.8) is 0 Å². The summed E-state index contributed by atoms with van der Waals surface area (Å²) in [5, 5.41) is 4.89. The van der Waals surface area contributed by atoms with Gasteiger partial charge in [-0.15, -0.1) is 11.3 Å². The normalized spacial score (nSPS) is 10.2. The Labute approximate surface area is 128 Å². The molecular formula is C16H19NO3S. The van der Waals surface area contributed by atoms with Gasteiger partial charge in [-0.1, -0.05) is 6.07 Å². The maximum Gasteiger partial charge on any atom is 0.225 e. The standard InChI is InChI=1S/C16H19NO3S/c1-11-14(19-2)7-6-12(16(11)20-3)10-17-15(18)9-13-5-4-8-21-13/h4-8H,9-10H2,1-3H3,(H,17,18). The fraction of sp³-hybridized carbons (Fsp3) is 0.312. The molecule has 0 aliphatic rings. The quantitative estimate of drug-likeness (QED) is 0.892. The van der Waals surface area contributed by atoms with Crippen molar-refractivity contribution in [2.75, 3.05) is 14.2 Å². The number of thiophene rings is 1. The summed E-state index contributed by atoms with van der Waals surface area (Å²) in [4.78, 5) is 13.0. The zero-order valence-corrected chi connectivity index (χ0v) is 13.3. The Morgan fingerprint density at radius 3 is 2.67 bits per heavy atom. The number of rotatable bonds is 6. The van der Waals surface area contributed by atoms with Crippen molar-refractivity contribution in [3.05, 3.63) is 45.6 Å². The number of nitrogens with one attached hydrogen (secondary N) is 1. The smallest absolute Gasteiger partial charge is 0.225 e. The van der Waals surface area contributed by atoms with Gasteiger partial charge in [0.25, 0.3) is 0 Å². The first-order chi connectivity index (χ1) is 10.2. The summed E-state index contributed by atoms with van der Waals surface area (Å²) in [6, 6.07) is 7.71. The number of ether oxygens (including phenoxy) is 2. The Hall–Kier alpha value is -2.01. The molecule has 0 unspecified atom stereocenters. The van der Waals surface area contributed by atoms with Crippen LogP contribution in [0.15, 0.2) is 29.6 Å². The van der Waals surface area contributed by atoms with E-state index < -0.39 is 0 Å². The van der Waals surface area contributed by atoms with Gasteiger partial charge in [-0.25, -0.2) is 0 Å². The van der Waals surface area contributed by atoms with E-state index in [-0.39, 0.29) is 5.91 Å². The van der Waals surface area contributed by atoms with Crippen LogP contribution in [0.1, 0.15) is 16.0 Å². The molecule has 0 aliphatic carbocycles. The third-order valence-electron chi connectivity index (χ3n) is 3.25. The summed E-state index contributed by atoms with van der Waals surface area (Å²) in [5.41, 5.74) is 1.88. The number of hydrogen-bond acceptors (Lipinski definition) is 4. The van der Waals surface area contributed by atoms with Crippen LogP contribution < -0.4 is 14.8 Å². The summed E-state index contributed by atoms with van der Waals surface area (Å²) in [6.07, 6.45) is 0.412.